The van der Waals surface area contributed by atoms with Gasteiger partial charge in [-0.2, -0.15) is 0 Å². The molecule has 2 atom stereocenters. The zero-order valence-electron chi connectivity index (χ0n) is 21.2. The smallest absolute Gasteiger partial charge is 0.243 e. The Bertz CT molecular complexity index is 1120. The van der Waals surface area contributed by atoms with Gasteiger partial charge < -0.3 is 10.2 Å². The van der Waals surface area contributed by atoms with Gasteiger partial charge >= 0.3 is 0 Å². The lowest BCUT2D eigenvalue weighted by atomic mass is 10.0. The third-order valence-electron chi connectivity index (χ3n) is 6.28. The lowest BCUT2D eigenvalue weighted by Gasteiger charge is -2.32. The number of hydrogen-bond acceptors (Lipinski definition) is 3. The fourth-order valence-corrected chi connectivity index (χ4v) is 4.88. The van der Waals surface area contributed by atoms with Crippen LogP contribution in [0, 0.1) is 6.92 Å². The quantitative estimate of drug-likeness (QED) is 0.298. The Hall–Kier alpha value is -2.76. The SMILES string of the molecule is CC[C@@H](C)NC(=O)[C@@H](Cc1ccccc1)N(Cc1ccccc1C)C(=O)CSCc1ccc(Cl)cc1. The third kappa shape index (κ3) is 8.42. The highest BCUT2D eigenvalue weighted by Gasteiger charge is 2.31. The predicted molar refractivity (Wildman–Crippen MR) is 151 cm³/mol. The van der Waals surface area contributed by atoms with Crippen LogP contribution in [0.3, 0.4) is 0 Å². The van der Waals surface area contributed by atoms with E-state index in [0.717, 1.165) is 28.7 Å². The number of benzene rings is 3. The zero-order chi connectivity index (χ0) is 25.9. The second-order valence-electron chi connectivity index (χ2n) is 9.09. The van der Waals surface area contributed by atoms with E-state index in [-0.39, 0.29) is 23.6 Å². The zero-order valence-corrected chi connectivity index (χ0v) is 22.8. The third-order valence-corrected chi connectivity index (χ3v) is 7.52. The number of nitrogens with one attached hydrogen (secondary N) is 1. The molecule has 0 bridgehead atoms. The van der Waals surface area contributed by atoms with Crippen LogP contribution in [0.2, 0.25) is 5.02 Å². The maximum absolute atomic E-state index is 13.7. The van der Waals surface area contributed by atoms with E-state index in [9.17, 15) is 9.59 Å². The van der Waals surface area contributed by atoms with Gasteiger partial charge in [-0.1, -0.05) is 85.3 Å². The average molecular weight is 523 g/mol. The van der Waals surface area contributed by atoms with Crippen LogP contribution >= 0.6 is 23.4 Å². The number of carbonyl (C=O) groups excluding carboxylic acids is 2. The normalized spacial score (nSPS) is 12.6. The summed E-state index contributed by atoms with van der Waals surface area (Å²) < 4.78 is 0. The number of thioether (sulfide) groups is 1. The number of carbonyl (C=O) groups is 2. The molecular weight excluding hydrogens is 488 g/mol. The molecule has 0 unspecified atom stereocenters. The molecule has 190 valence electrons. The molecule has 1 N–H and O–H groups in total. The molecule has 0 aliphatic rings. The van der Waals surface area contributed by atoms with Crippen LogP contribution in [0.25, 0.3) is 0 Å². The van der Waals surface area contributed by atoms with Gasteiger partial charge in [0.05, 0.1) is 5.75 Å². The Kier molecular flexibility index (Phi) is 10.9. The molecular formula is C30H35ClN2O2S. The average Bonchev–Trinajstić information content (AvgIpc) is 2.88. The number of aryl methyl sites for hydroxylation is 1. The van der Waals surface area contributed by atoms with Gasteiger partial charge in [0, 0.05) is 29.8 Å². The van der Waals surface area contributed by atoms with E-state index in [0.29, 0.717) is 23.7 Å². The Morgan fingerprint density at radius 3 is 2.28 bits per heavy atom. The minimum atomic E-state index is -0.607. The minimum absolute atomic E-state index is 0.0328. The van der Waals surface area contributed by atoms with Gasteiger partial charge in [-0.25, -0.2) is 0 Å². The summed E-state index contributed by atoms with van der Waals surface area (Å²) in [7, 11) is 0. The summed E-state index contributed by atoms with van der Waals surface area (Å²) in [6, 6.07) is 25.0. The highest BCUT2D eigenvalue weighted by Crippen LogP contribution is 2.20. The fourth-order valence-electron chi connectivity index (χ4n) is 3.89. The summed E-state index contributed by atoms with van der Waals surface area (Å²) in [5, 5.41) is 3.82. The number of halogens is 1. The largest absolute Gasteiger partial charge is 0.352 e. The van der Waals surface area contributed by atoms with Crippen molar-refractivity contribution in [1.82, 2.24) is 10.2 Å². The van der Waals surface area contributed by atoms with E-state index in [4.69, 9.17) is 11.6 Å². The molecule has 4 nitrogen and oxygen atoms in total. The Balaban J connectivity index is 1.86. The first-order chi connectivity index (χ1) is 17.4. The number of amides is 2. The summed E-state index contributed by atoms with van der Waals surface area (Å²) in [6.45, 7) is 6.46. The van der Waals surface area contributed by atoms with Gasteiger partial charge in [-0.05, 0) is 54.7 Å². The molecule has 0 saturated carbocycles. The predicted octanol–water partition coefficient (Wildman–Crippen LogP) is 6.44. The Morgan fingerprint density at radius 1 is 0.944 bits per heavy atom. The molecule has 3 aromatic carbocycles. The maximum atomic E-state index is 13.7. The van der Waals surface area contributed by atoms with Crippen molar-refractivity contribution >= 4 is 35.2 Å². The number of rotatable bonds is 12. The Labute approximate surface area is 224 Å². The van der Waals surface area contributed by atoms with Crippen LogP contribution in [0.5, 0.6) is 0 Å². The van der Waals surface area contributed by atoms with Crippen molar-refractivity contribution in [2.24, 2.45) is 0 Å². The molecule has 36 heavy (non-hydrogen) atoms. The van der Waals surface area contributed by atoms with E-state index in [2.05, 4.69) is 5.32 Å². The van der Waals surface area contributed by atoms with Crippen molar-refractivity contribution < 1.29 is 9.59 Å². The summed E-state index contributed by atoms with van der Waals surface area (Å²) >= 11 is 7.55. The molecule has 0 spiro atoms. The standard InChI is InChI=1S/C30H35ClN2O2S/c1-4-23(3)32-30(35)28(18-24-11-6-5-7-12-24)33(19-26-13-9-8-10-22(26)2)29(34)21-36-20-25-14-16-27(31)17-15-25/h5-17,23,28H,4,18-21H2,1-3H3,(H,32,35)/t23-,28-/m1/s1. The van der Waals surface area contributed by atoms with Crippen molar-refractivity contribution in [3.05, 3.63) is 106 Å². The molecule has 0 radical (unpaired) electrons. The second kappa shape index (κ2) is 14.1. The summed E-state index contributed by atoms with van der Waals surface area (Å²) in [5.74, 6) is 0.829. The topological polar surface area (TPSA) is 49.4 Å². The first-order valence-corrected chi connectivity index (χ1v) is 13.9. The van der Waals surface area contributed by atoms with Crippen LogP contribution in [0.15, 0.2) is 78.9 Å². The molecule has 2 amide bonds. The minimum Gasteiger partial charge on any atom is -0.352 e. The van der Waals surface area contributed by atoms with E-state index in [1.54, 1.807) is 16.7 Å². The van der Waals surface area contributed by atoms with Crippen molar-refractivity contribution in [3.63, 3.8) is 0 Å². The van der Waals surface area contributed by atoms with Gasteiger partial charge in [0.2, 0.25) is 11.8 Å². The monoisotopic (exact) mass is 522 g/mol. The molecule has 6 heteroatoms. The first-order valence-electron chi connectivity index (χ1n) is 12.4. The van der Waals surface area contributed by atoms with E-state index < -0.39 is 6.04 Å². The van der Waals surface area contributed by atoms with Gasteiger partial charge in [0.15, 0.2) is 0 Å². The number of nitrogens with zero attached hydrogens (tertiary/aromatic N) is 1. The van der Waals surface area contributed by atoms with Crippen LogP contribution in [-0.4, -0.2) is 34.6 Å². The maximum Gasteiger partial charge on any atom is 0.243 e. The first kappa shape index (κ1) is 27.8. The van der Waals surface area contributed by atoms with Crippen molar-refractivity contribution in [2.45, 2.75) is 58.0 Å². The Morgan fingerprint density at radius 2 is 1.61 bits per heavy atom. The molecule has 0 aliphatic heterocycles. The highest BCUT2D eigenvalue weighted by molar-refractivity contribution is 7.99. The lowest BCUT2D eigenvalue weighted by molar-refractivity contribution is -0.139. The molecule has 0 heterocycles. The van der Waals surface area contributed by atoms with Crippen molar-refractivity contribution in [2.75, 3.05) is 5.75 Å². The molecule has 3 aromatic rings. The summed E-state index contributed by atoms with van der Waals surface area (Å²) in [4.78, 5) is 29.0. The van der Waals surface area contributed by atoms with Crippen LogP contribution in [-0.2, 0) is 28.3 Å². The van der Waals surface area contributed by atoms with Crippen molar-refractivity contribution in [1.29, 1.82) is 0 Å². The highest BCUT2D eigenvalue weighted by atomic mass is 35.5. The molecule has 3 rings (SSSR count). The van der Waals surface area contributed by atoms with Crippen LogP contribution < -0.4 is 5.32 Å². The van der Waals surface area contributed by atoms with E-state index >= 15 is 0 Å². The van der Waals surface area contributed by atoms with E-state index in [1.807, 2.05) is 99.6 Å². The molecule has 0 saturated heterocycles. The molecule has 0 aliphatic carbocycles. The van der Waals surface area contributed by atoms with Gasteiger partial charge in [0.25, 0.3) is 0 Å². The lowest BCUT2D eigenvalue weighted by Crippen LogP contribution is -2.52. The molecule has 0 fully saturated rings. The second-order valence-corrected chi connectivity index (χ2v) is 10.5. The summed E-state index contributed by atoms with van der Waals surface area (Å²) in [6.07, 6.45) is 1.29. The van der Waals surface area contributed by atoms with Gasteiger partial charge in [0.1, 0.15) is 6.04 Å². The van der Waals surface area contributed by atoms with Crippen LogP contribution in [0.1, 0.15) is 42.5 Å². The van der Waals surface area contributed by atoms with Crippen molar-refractivity contribution in [3.8, 4) is 0 Å². The summed E-state index contributed by atoms with van der Waals surface area (Å²) in [5.41, 5.74) is 4.28. The molecule has 0 aromatic heterocycles. The number of hydrogen-bond donors (Lipinski definition) is 1. The van der Waals surface area contributed by atoms with E-state index in [1.165, 1.54) is 0 Å². The van der Waals surface area contributed by atoms with Gasteiger partial charge in [-0.3, -0.25) is 9.59 Å². The van der Waals surface area contributed by atoms with Crippen LogP contribution in [0.4, 0.5) is 0 Å². The fraction of sp³-hybridized carbons (Fsp3) is 0.333. The van der Waals surface area contributed by atoms with Gasteiger partial charge in [-0.15, -0.1) is 11.8 Å².